The molecule has 0 bridgehead atoms. The van der Waals surface area contributed by atoms with E-state index in [0.29, 0.717) is 25.8 Å². The zero-order valence-corrected chi connectivity index (χ0v) is 27.8. The SMILES string of the molecule is CC(C)(C)[C@H](NC(=O)NC1(CS(C)(=O)=O)CCCCC1)C(=O)N1CC2[C@@H]([C@H]1C(=O)NC(CC1CCC1)C(=O)C(N)=O)C2(C)C. The van der Waals surface area contributed by atoms with Crippen LogP contribution in [0.4, 0.5) is 4.79 Å². The number of hydrogen-bond acceptors (Lipinski definition) is 7. The third-order valence-electron chi connectivity index (χ3n) is 10.5. The molecule has 5 atom stereocenters. The van der Waals surface area contributed by atoms with Crippen molar-refractivity contribution in [2.24, 2.45) is 34.3 Å². The van der Waals surface area contributed by atoms with Crippen LogP contribution in [0.2, 0.25) is 0 Å². The largest absolute Gasteiger partial charge is 0.363 e. The number of primary amides is 1. The molecule has 0 aromatic rings. The average Bonchev–Trinajstić information content (AvgIpc) is 3.19. The molecule has 0 radical (unpaired) electrons. The molecule has 0 aromatic heterocycles. The first-order valence-corrected chi connectivity index (χ1v) is 18.0. The first kappa shape index (κ1) is 34.2. The molecule has 2 unspecified atom stereocenters. The summed E-state index contributed by atoms with van der Waals surface area (Å²) >= 11 is 0. The van der Waals surface area contributed by atoms with E-state index in [2.05, 4.69) is 16.0 Å². The molecule has 1 aliphatic heterocycles. The minimum absolute atomic E-state index is 0.0637. The molecule has 44 heavy (non-hydrogen) atoms. The van der Waals surface area contributed by atoms with E-state index in [1.165, 1.54) is 4.90 Å². The monoisotopic (exact) mass is 637 g/mol. The Kier molecular flexibility index (Phi) is 9.51. The van der Waals surface area contributed by atoms with E-state index in [1.807, 2.05) is 34.6 Å². The molecule has 13 heteroatoms. The number of nitrogens with one attached hydrogen (secondary N) is 3. The standard InChI is InChI=1S/C31H51N5O7S/c1-29(2,3)24(34-28(41)35-31(17-44(6,42)43)13-8-7-9-14-31)27(40)36-16-19-21(30(19,4)5)22(36)26(39)33-20(23(37)25(32)38)15-18-11-10-12-18/h18-22,24H,7-17H2,1-6H3,(H2,32,38)(H,33,39)(H2,34,35,41)/t19?,20?,21-,22-,24+/m0/s1. The number of carbonyl (C=O) groups excluding carboxylic acids is 5. The van der Waals surface area contributed by atoms with Crippen LogP contribution >= 0.6 is 0 Å². The Hall–Kier alpha value is -2.70. The van der Waals surface area contributed by atoms with E-state index in [1.54, 1.807) is 0 Å². The Bertz CT molecular complexity index is 1280. The fourth-order valence-corrected chi connectivity index (χ4v) is 9.16. The molecule has 248 valence electrons. The smallest absolute Gasteiger partial charge is 0.315 e. The van der Waals surface area contributed by atoms with E-state index in [-0.39, 0.29) is 28.9 Å². The van der Waals surface area contributed by atoms with Crippen molar-refractivity contribution in [1.82, 2.24) is 20.9 Å². The van der Waals surface area contributed by atoms with Gasteiger partial charge in [-0.1, -0.05) is 73.1 Å². The van der Waals surface area contributed by atoms with Gasteiger partial charge in [-0.05, 0) is 47.8 Å². The van der Waals surface area contributed by atoms with Crippen molar-refractivity contribution in [2.75, 3.05) is 18.6 Å². The van der Waals surface area contributed by atoms with Crippen molar-refractivity contribution >= 4 is 39.4 Å². The van der Waals surface area contributed by atoms with Crippen LogP contribution in [-0.4, -0.2) is 85.1 Å². The lowest BCUT2D eigenvalue weighted by atomic mass is 9.80. The van der Waals surface area contributed by atoms with Crippen LogP contribution in [0.25, 0.3) is 0 Å². The van der Waals surface area contributed by atoms with E-state index in [0.717, 1.165) is 44.8 Å². The number of amides is 5. The van der Waals surface area contributed by atoms with Gasteiger partial charge in [0.1, 0.15) is 21.9 Å². The minimum Gasteiger partial charge on any atom is -0.363 e. The quantitative estimate of drug-likeness (QED) is 0.248. The van der Waals surface area contributed by atoms with Gasteiger partial charge in [-0.15, -0.1) is 0 Å². The topological polar surface area (TPSA) is 185 Å². The molecule has 12 nitrogen and oxygen atoms in total. The highest BCUT2D eigenvalue weighted by atomic mass is 32.2. The van der Waals surface area contributed by atoms with Crippen molar-refractivity contribution in [3.63, 3.8) is 0 Å². The second-order valence-electron chi connectivity index (χ2n) is 15.5. The minimum atomic E-state index is -3.39. The lowest BCUT2D eigenvalue weighted by molar-refractivity contribution is -0.145. The number of fused-ring (bicyclic) bond motifs is 1. The Morgan fingerprint density at radius 1 is 0.977 bits per heavy atom. The highest BCUT2D eigenvalue weighted by Gasteiger charge is 2.70. The molecule has 0 aromatic carbocycles. The van der Waals surface area contributed by atoms with Crippen LogP contribution in [0.5, 0.6) is 0 Å². The number of rotatable bonds is 11. The predicted octanol–water partition coefficient (Wildman–Crippen LogP) is 1.66. The maximum atomic E-state index is 14.2. The molecule has 5 N–H and O–H groups in total. The highest BCUT2D eigenvalue weighted by Crippen LogP contribution is 2.65. The van der Waals surface area contributed by atoms with Crippen molar-refractivity contribution in [3.8, 4) is 0 Å². The summed E-state index contributed by atoms with van der Waals surface area (Å²) in [6.07, 6.45) is 7.94. The number of piperidine rings is 1. The highest BCUT2D eigenvalue weighted by molar-refractivity contribution is 7.90. The summed E-state index contributed by atoms with van der Waals surface area (Å²) in [4.78, 5) is 67.6. The normalized spacial score (nSPS) is 27.2. The van der Waals surface area contributed by atoms with Crippen LogP contribution in [0.1, 0.15) is 92.4 Å². The molecule has 4 rings (SSSR count). The number of nitrogens with zero attached hydrogens (tertiary/aromatic N) is 1. The summed E-state index contributed by atoms with van der Waals surface area (Å²) in [6.45, 7) is 9.86. The number of nitrogens with two attached hydrogens (primary N) is 1. The molecule has 1 heterocycles. The van der Waals surface area contributed by atoms with Gasteiger partial charge in [-0.25, -0.2) is 13.2 Å². The lowest BCUT2D eigenvalue weighted by Gasteiger charge is -2.40. The number of Topliss-reactive ketones (excluding diaryl/α,β-unsaturated/α-hetero) is 1. The van der Waals surface area contributed by atoms with E-state index in [9.17, 15) is 32.4 Å². The fourth-order valence-electron chi connectivity index (χ4n) is 7.79. The fraction of sp³-hybridized carbons (Fsp3) is 0.839. The Morgan fingerprint density at radius 2 is 1.59 bits per heavy atom. The number of urea groups is 1. The van der Waals surface area contributed by atoms with Gasteiger partial charge >= 0.3 is 6.03 Å². The first-order valence-electron chi connectivity index (χ1n) is 16.0. The van der Waals surface area contributed by atoms with Gasteiger partial charge in [0.05, 0.1) is 17.3 Å². The number of sulfone groups is 1. The van der Waals surface area contributed by atoms with Crippen LogP contribution in [-0.2, 0) is 29.0 Å². The van der Waals surface area contributed by atoms with Gasteiger partial charge in [-0.3, -0.25) is 19.2 Å². The van der Waals surface area contributed by atoms with Gasteiger partial charge in [0.2, 0.25) is 17.6 Å². The van der Waals surface area contributed by atoms with Gasteiger partial charge in [-0.2, -0.15) is 0 Å². The van der Waals surface area contributed by atoms with Gasteiger partial charge < -0.3 is 26.6 Å². The second-order valence-corrected chi connectivity index (χ2v) is 17.7. The van der Waals surface area contributed by atoms with E-state index >= 15 is 0 Å². The van der Waals surface area contributed by atoms with Gasteiger partial charge in [0.25, 0.3) is 5.91 Å². The zero-order valence-electron chi connectivity index (χ0n) is 27.0. The maximum Gasteiger partial charge on any atom is 0.315 e. The number of ketones is 1. The van der Waals surface area contributed by atoms with Crippen LogP contribution in [0.3, 0.4) is 0 Å². The Labute approximate surface area is 261 Å². The van der Waals surface area contributed by atoms with Crippen molar-refractivity contribution in [3.05, 3.63) is 0 Å². The third-order valence-corrected chi connectivity index (χ3v) is 11.6. The third kappa shape index (κ3) is 7.39. The average molecular weight is 638 g/mol. The first-order chi connectivity index (χ1) is 20.3. The summed E-state index contributed by atoms with van der Waals surface area (Å²) < 4.78 is 24.5. The lowest BCUT2D eigenvalue weighted by Crippen LogP contribution is -2.63. The van der Waals surface area contributed by atoms with Gasteiger partial charge in [0, 0.05) is 12.8 Å². The summed E-state index contributed by atoms with van der Waals surface area (Å²) in [5, 5.41) is 8.53. The Morgan fingerprint density at radius 3 is 2.09 bits per heavy atom. The molecule has 4 fully saturated rings. The molecular formula is C31H51N5O7S. The molecule has 0 spiro atoms. The summed E-state index contributed by atoms with van der Waals surface area (Å²) in [5.41, 5.74) is 3.46. The number of carbonyl (C=O) groups is 5. The van der Waals surface area contributed by atoms with Crippen molar-refractivity contribution < 1.29 is 32.4 Å². The summed E-state index contributed by atoms with van der Waals surface area (Å²) in [5.74, 6) is -2.91. The number of likely N-dealkylation sites (tertiary alicyclic amines) is 1. The van der Waals surface area contributed by atoms with Crippen molar-refractivity contribution in [1.29, 1.82) is 0 Å². The maximum absolute atomic E-state index is 14.2. The summed E-state index contributed by atoms with van der Waals surface area (Å²) in [7, 11) is -3.39. The zero-order chi connectivity index (χ0) is 32.8. The second kappa shape index (κ2) is 12.2. The summed E-state index contributed by atoms with van der Waals surface area (Å²) in [6, 6.07) is -3.57. The van der Waals surface area contributed by atoms with Gasteiger partial charge in [0.15, 0.2) is 0 Å². The molecule has 3 aliphatic carbocycles. The van der Waals surface area contributed by atoms with E-state index < -0.39 is 68.5 Å². The van der Waals surface area contributed by atoms with Crippen LogP contribution in [0.15, 0.2) is 0 Å². The molecular weight excluding hydrogens is 586 g/mol. The Balaban J connectivity index is 1.54. The number of hydrogen-bond donors (Lipinski definition) is 4. The molecule has 5 amide bonds. The molecule has 3 saturated carbocycles. The van der Waals surface area contributed by atoms with Crippen molar-refractivity contribution in [2.45, 2.75) is 116 Å². The molecule has 1 saturated heterocycles. The van der Waals surface area contributed by atoms with Crippen LogP contribution < -0.4 is 21.7 Å². The van der Waals surface area contributed by atoms with Crippen LogP contribution in [0, 0.1) is 28.6 Å². The predicted molar refractivity (Wildman–Crippen MR) is 165 cm³/mol. The molecule has 4 aliphatic rings. The van der Waals surface area contributed by atoms with E-state index in [4.69, 9.17) is 5.73 Å².